The summed E-state index contributed by atoms with van der Waals surface area (Å²) in [5.74, 6) is 0.887. The molecule has 124 valence electrons. The van der Waals surface area contributed by atoms with E-state index in [1.54, 1.807) is 0 Å². The van der Waals surface area contributed by atoms with E-state index in [0.717, 1.165) is 32.1 Å². The van der Waals surface area contributed by atoms with Crippen molar-refractivity contribution in [3.8, 4) is 0 Å². The number of hydrogen-bond acceptors (Lipinski definition) is 2. The van der Waals surface area contributed by atoms with Crippen molar-refractivity contribution in [2.75, 3.05) is 26.2 Å². The highest BCUT2D eigenvalue weighted by atomic mass is 15.2. The molecule has 2 N–H and O–H groups in total. The third-order valence-electron chi connectivity index (χ3n) is 3.95. The lowest BCUT2D eigenvalue weighted by Gasteiger charge is -2.25. The molecule has 0 aliphatic rings. The first-order valence-corrected chi connectivity index (χ1v) is 8.46. The molecule has 0 saturated heterocycles. The standard InChI is InChI=1S/C18H32N4/c1-6-19-18(20-14-15(4)22(7-2)8-3)21-16(5)17-12-10-9-11-13-17/h9-13,15-16H,6-8,14H2,1-5H3,(H2,19,20,21). The Bertz CT molecular complexity index is 426. The Hall–Kier alpha value is -1.55. The van der Waals surface area contributed by atoms with Crippen molar-refractivity contribution in [3.05, 3.63) is 35.9 Å². The lowest BCUT2D eigenvalue weighted by atomic mass is 10.1. The van der Waals surface area contributed by atoms with Crippen LogP contribution in [0.1, 0.15) is 46.2 Å². The largest absolute Gasteiger partial charge is 0.357 e. The summed E-state index contributed by atoms with van der Waals surface area (Å²) in [6.45, 7) is 14.7. The highest BCUT2D eigenvalue weighted by molar-refractivity contribution is 5.80. The van der Waals surface area contributed by atoms with E-state index in [1.807, 2.05) is 6.07 Å². The number of nitrogens with zero attached hydrogens (tertiary/aromatic N) is 2. The maximum atomic E-state index is 4.75. The van der Waals surface area contributed by atoms with Gasteiger partial charge in [-0.15, -0.1) is 0 Å². The normalized spacial score (nSPS) is 14.7. The van der Waals surface area contributed by atoms with Gasteiger partial charge in [0.2, 0.25) is 0 Å². The van der Waals surface area contributed by atoms with E-state index in [1.165, 1.54) is 5.56 Å². The predicted molar refractivity (Wildman–Crippen MR) is 96.4 cm³/mol. The smallest absolute Gasteiger partial charge is 0.191 e. The molecule has 0 aliphatic carbocycles. The van der Waals surface area contributed by atoms with E-state index in [4.69, 9.17) is 4.99 Å². The zero-order valence-electron chi connectivity index (χ0n) is 14.8. The average Bonchev–Trinajstić information content (AvgIpc) is 2.54. The number of aliphatic imine (C=N–C) groups is 1. The minimum atomic E-state index is 0.239. The molecule has 1 aromatic carbocycles. The van der Waals surface area contributed by atoms with Crippen LogP contribution in [0, 0.1) is 0 Å². The molecule has 0 fully saturated rings. The molecule has 0 spiro atoms. The van der Waals surface area contributed by atoms with Gasteiger partial charge in [-0.3, -0.25) is 9.89 Å². The Morgan fingerprint density at radius 2 is 1.73 bits per heavy atom. The van der Waals surface area contributed by atoms with Crippen molar-refractivity contribution >= 4 is 5.96 Å². The van der Waals surface area contributed by atoms with E-state index in [-0.39, 0.29) is 6.04 Å². The number of nitrogens with one attached hydrogen (secondary N) is 2. The van der Waals surface area contributed by atoms with Crippen LogP contribution in [-0.2, 0) is 0 Å². The Balaban J connectivity index is 2.66. The third-order valence-corrected chi connectivity index (χ3v) is 3.95. The van der Waals surface area contributed by atoms with Gasteiger partial charge in [0.15, 0.2) is 5.96 Å². The Kier molecular flexibility index (Phi) is 8.60. The molecule has 2 atom stereocenters. The maximum absolute atomic E-state index is 4.75. The van der Waals surface area contributed by atoms with E-state index >= 15 is 0 Å². The van der Waals surface area contributed by atoms with Crippen LogP contribution in [0.3, 0.4) is 0 Å². The van der Waals surface area contributed by atoms with Crippen LogP contribution in [-0.4, -0.2) is 43.1 Å². The first-order chi connectivity index (χ1) is 10.6. The van der Waals surface area contributed by atoms with Crippen LogP contribution in [0.15, 0.2) is 35.3 Å². The van der Waals surface area contributed by atoms with Crippen LogP contribution in [0.5, 0.6) is 0 Å². The van der Waals surface area contributed by atoms with Crippen molar-refractivity contribution in [1.82, 2.24) is 15.5 Å². The molecule has 1 aromatic rings. The zero-order valence-corrected chi connectivity index (χ0v) is 14.8. The molecule has 0 aromatic heterocycles. The van der Waals surface area contributed by atoms with Crippen molar-refractivity contribution in [2.45, 2.75) is 46.7 Å². The molecule has 1 rings (SSSR count). The molecule has 0 aliphatic heterocycles. The third kappa shape index (κ3) is 6.06. The van der Waals surface area contributed by atoms with Gasteiger partial charge in [-0.2, -0.15) is 0 Å². The fourth-order valence-corrected chi connectivity index (χ4v) is 2.54. The van der Waals surface area contributed by atoms with E-state index in [9.17, 15) is 0 Å². The molecule has 0 amide bonds. The lowest BCUT2D eigenvalue weighted by molar-refractivity contribution is 0.237. The summed E-state index contributed by atoms with van der Waals surface area (Å²) in [5.41, 5.74) is 1.27. The zero-order chi connectivity index (χ0) is 16.4. The second-order valence-corrected chi connectivity index (χ2v) is 5.57. The molecule has 0 heterocycles. The molecule has 0 bridgehead atoms. The summed E-state index contributed by atoms with van der Waals surface area (Å²) in [5, 5.41) is 6.82. The van der Waals surface area contributed by atoms with Gasteiger partial charge in [0, 0.05) is 12.6 Å². The topological polar surface area (TPSA) is 39.7 Å². The highest BCUT2D eigenvalue weighted by Gasteiger charge is 2.11. The average molecular weight is 304 g/mol. The maximum Gasteiger partial charge on any atom is 0.191 e. The monoisotopic (exact) mass is 304 g/mol. The number of guanidine groups is 1. The second kappa shape index (κ2) is 10.2. The fourth-order valence-electron chi connectivity index (χ4n) is 2.54. The van der Waals surface area contributed by atoms with Gasteiger partial charge in [-0.05, 0) is 39.4 Å². The van der Waals surface area contributed by atoms with Gasteiger partial charge < -0.3 is 10.6 Å². The molecule has 22 heavy (non-hydrogen) atoms. The number of likely N-dealkylation sites (N-methyl/N-ethyl adjacent to an activating group) is 1. The van der Waals surface area contributed by atoms with Crippen LogP contribution in [0.4, 0.5) is 0 Å². The van der Waals surface area contributed by atoms with Crippen LogP contribution in [0.2, 0.25) is 0 Å². The van der Waals surface area contributed by atoms with Gasteiger partial charge in [-0.1, -0.05) is 44.2 Å². The summed E-state index contributed by atoms with van der Waals surface area (Å²) >= 11 is 0. The minimum absolute atomic E-state index is 0.239. The first kappa shape index (κ1) is 18.5. The number of rotatable bonds is 8. The van der Waals surface area contributed by atoms with Gasteiger partial charge in [0.05, 0.1) is 12.6 Å². The van der Waals surface area contributed by atoms with Crippen LogP contribution < -0.4 is 10.6 Å². The van der Waals surface area contributed by atoms with E-state index in [0.29, 0.717) is 6.04 Å². The highest BCUT2D eigenvalue weighted by Crippen LogP contribution is 2.10. The number of hydrogen-bond donors (Lipinski definition) is 2. The Morgan fingerprint density at radius 3 is 2.27 bits per heavy atom. The van der Waals surface area contributed by atoms with Gasteiger partial charge in [0.25, 0.3) is 0 Å². The quantitative estimate of drug-likeness (QED) is 0.573. The second-order valence-electron chi connectivity index (χ2n) is 5.57. The first-order valence-electron chi connectivity index (χ1n) is 8.46. The minimum Gasteiger partial charge on any atom is -0.357 e. The molecule has 4 nitrogen and oxygen atoms in total. The lowest BCUT2D eigenvalue weighted by Crippen LogP contribution is -2.41. The Labute approximate surface area is 136 Å². The number of benzene rings is 1. The molecule has 0 saturated carbocycles. The molecule has 0 radical (unpaired) electrons. The van der Waals surface area contributed by atoms with Crippen molar-refractivity contribution in [1.29, 1.82) is 0 Å². The van der Waals surface area contributed by atoms with E-state index in [2.05, 4.69) is 74.4 Å². The summed E-state index contributed by atoms with van der Waals surface area (Å²) in [7, 11) is 0. The molecular weight excluding hydrogens is 272 g/mol. The summed E-state index contributed by atoms with van der Waals surface area (Å²) in [6, 6.07) is 11.2. The van der Waals surface area contributed by atoms with E-state index < -0.39 is 0 Å². The van der Waals surface area contributed by atoms with Crippen LogP contribution in [0.25, 0.3) is 0 Å². The SMILES string of the molecule is CCNC(=NCC(C)N(CC)CC)NC(C)c1ccccc1. The summed E-state index contributed by atoms with van der Waals surface area (Å²) < 4.78 is 0. The van der Waals surface area contributed by atoms with Gasteiger partial charge in [-0.25, -0.2) is 0 Å². The predicted octanol–water partition coefficient (Wildman–Crippen LogP) is 3.03. The fraction of sp³-hybridized carbons (Fsp3) is 0.611. The van der Waals surface area contributed by atoms with Crippen LogP contribution >= 0.6 is 0 Å². The van der Waals surface area contributed by atoms with Gasteiger partial charge in [0.1, 0.15) is 0 Å². The molecular formula is C18H32N4. The van der Waals surface area contributed by atoms with Crippen molar-refractivity contribution in [2.24, 2.45) is 4.99 Å². The summed E-state index contributed by atoms with van der Waals surface area (Å²) in [6.07, 6.45) is 0. The van der Waals surface area contributed by atoms with Crippen molar-refractivity contribution in [3.63, 3.8) is 0 Å². The van der Waals surface area contributed by atoms with Crippen molar-refractivity contribution < 1.29 is 0 Å². The summed E-state index contributed by atoms with van der Waals surface area (Å²) in [4.78, 5) is 7.17. The molecule has 2 unspecified atom stereocenters. The van der Waals surface area contributed by atoms with Gasteiger partial charge >= 0.3 is 0 Å². The Morgan fingerprint density at radius 1 is 1.09 bits per heavy atom. The molecule has 4 heteroatoms.